The Morgan fingerprint density at radius 2 is 2.06 bits per heavy atom. The van der Waals surface area contributed by atoms with Crippen LogP contribution in [0.3, 0.4) is 0 Å². The van der Waals surface area contributed by atoms with Gasteiger partial charge in [-0.15, -0.1) is 0 Å². The maximum absolute atomic E-state index is 11.1. The summed E-state index contributed by atoms with van der Waals surface area (Å²) in [7, 11) is 1.70. The maximum atomic E-state index is 11.1. The first-order chi connectivity index (χ1) is 17.0. The second-order valence-electron chi connectivity index (χ2n) is 9.13. The Morgan fingerprint density at radius 1 is 1.26 bits per heavy atom. The quantitative estimate of drug-likeness (QED) is 0.366. The Kier molecular flexibility index (Phi) is 9.18. The van der Waals surface area contributed by atoms with Crippen molar-refractivity contribution in [1.29, 1.82) is 0 Å². The largest absolute Gasteiger partial charge is 0.494 e. The van der Waals surface area contributed by atoms with Gasteiger partial charge in [-0.05, 0) is 49.8 Å². The summed E-state index contributed by atoms with van der Waals surface area (Å²) < 4.78 is 28.7. The predicted octanol–water partition coefficient (Wildman–Crippen LogP) is 4.00. The molecule has 1 fully saturated rings. The standard InChI is InChI=1S/C24H35ClN6O3S/c1-3-31-12-10-16-8-9-21(22(34-2)18(16)11-13-31)29-24-26-15-19(25)23(30-24)28-20-7-5-4-6-17(20)14-27-35(32)33/h8-9,15,17,20,27H,3-7,10-14H2,1-2H3,(H,32,33)(H2,26,28,29,30)/t17-,20-/m1/s1. The van der Waals surface area contributed by atoms with Crippen LogP contribution in [-0.2, 0) is 24.1 Å². The van der Waals surface area contributed by atoms with Crippen LogP contribution in [0.1, 0.15) is 43.7 Å². The minimum absolute atomic E-state index is 0.101. The van der Waals surface area contributed by atoms with E-state index in [-0.39, 0.29) is 12.0 Å². The SMILES string of the molecule is CCN1CCc2ccc(Nc3ncc(Cl)c(N[C@@H]4CCCC[C@@H]4CNS(=O)O)n3)c(OC)c2CC1. The molecule has 1 unspecified atom stereocenters. The maximum Gasteiger partial charge on any atom is 0.231 e. The highest BCUT2D eigenvalue weighted by Gasteiger charge is 2.27. The van der Waals surface area contributed by atoms with E-state index in [1.807, 2.05) is 6.07 Å². The molecule has 1 saturated carbocycles. The zero-order valence-electron chi connectivity index (χ0n) is 20.3. The van der Waals surface area contributed by atoms with Crippen LogP contribution < -0.4 is 20.1 Å². The molecular formula is C24H35ClN6O3S. The van der Waals surface area contributed by atoms with E-state index in [1.165, 1.54) is 11.1 Å². The molecule has 2 heterocycles. The van der Waals surface area contributed by atoms with Gasteiger partial charge in [0, 0.05) is 31.2 Å². The topological polar surface area (TPSA) is 112 Å². The fraction of sp³-hybridized carbons (Fsp3) is 0.583. The van der Waals surface area contributed by atoms with Crippen LogP contribution in [-0.4, -0.2) is 63.0 Å². The van der Waals surface area contributed by atoms with Gasteiger partial charge in [-0.2, -0.15) is 4.98 Å². The number of likely N-dealkylation sites (N-methyl/N-ethyl adjacent to an activating group) is 1. The Morgan fingerprint density at radius 3 is 2.83 bits per heavy atom. The van der Waals surface area contributed by atoms with E-state index in [1.54, 1.807) is 13.3 Å². The first-order valence-electron chi connectivity index (χ1n) is 12.3. The van der Waals surface area contributed by atoms with Crippen LogP contribution in [0.5, 0.6) is 5.75 Å². The number of halogens is 1. The lowest BCUT2D eigenvalue weighted by Crippen LogP contribution is -2.39. The highest BCUT2D eigenvalue weighted by molar-refractivity contribution is 7.77. The Balaban J connectivity index is 1.52. The number of hydrogen-bond donors (Lipinski definition) is 4. The molecule has 1 aromatic heterocycles. The van der Waals surface area contributed by atoms with Crippen molar-refractivity contribution in [2.75, 3.05) is 43.9 Å². The van der Waals surface area contributed by atoms with Gasteiger partial charge in [-0.3, -0.25) is 4.55 Å². The fourth-order valence-electron chi connectivity index (χ4n) is 5.13. The van der Waals surface area contributed by atoms with Crippen LogP contribution in [0.25, 0.3) is 0 Å². The molecule has 1 aliphatic carbocycles. The normalized spacial score (nSPS) is 21.6. The first-order valence-corrected chi connectivity index (χ1v) is 13.8. The van der Waals surface area contributed by atoms with Crippen LogP contribution in [0.2, 0.25) is 5.02 Å². The van der Waals surface area contributed by atoms with Crippen LogP contribution in [0, 0.1) is 5.92 Å². The molecule has 11 heteroatoms. The average molecular weight is 523 g/mol. The van der Waals surface area contributed by atoms with E-state index >= 15 is 0 Å². The molecule has 0 saturated heterocycles. The van der Waals surface area contributed by atoms with E-state index in [0.29, 0.717) is 23.3 Å². The average Bonchev–Trinajstić information content (AvgIpc) is 3.07. The summed E-state index contributed by atoms with van der Waals surface area (Å²) in [5, 5.41) is 7.23. The molecule has 0 bridgehead atoms. The number of ether oxygens (including phenoxy) is 1. The first kappa shape index (κ1) is 26.1. The summed E-state index contributed by atoms with van der Waals surface area (Å²) in [6.07, 6.45) is 7.64. The zero-order chi connectivity index (χ0) is 24.8. The van der Waals surface area contributed by atoms with Crippen molar-refractivity contribution in [2.24, 2.45) is 5.92 Å². The summed E-state index contributed by atoms with van der Waals surface area (Å²) in [4.78, 5) is 11.5. The second kappa shape index (κ2) is 12.3. The lowest BCUT2D eigenvalue weighted by Gasteiger charge is -2.32. The molecule has 4 rings (SSSR count). The Bertz CT molecular complexity index is 1040. The van der Waals surface area contributed by atoms with E-state index in [4.69, 9.17) is 20.9 Å². The van der Waals surface area contributed by atoms with Crippen molar-refractivity contribution in [3.8, 4) is 5.75 Å². The second-order valence-corrected chi connectivity index (χ2v) is 10.3. The van der Waals surface area contributed by atoms with Crippen molar-refractivity contribution in [1.82, 2.24) is 19.6 Å². The molecule has 3 atom stereocenters. The van der Waals surface area contributed by atoms with Crippen molar-refractivity contribution < 1.29 is 13.5 Å². The number of fused-ring (bicyclic) bond motifs is 1. The summed E-state index contributed by atoms with van der Waals surface area (Å²) in [6, 6.07) is 4.30. The number of benzene rings is 1. The van der Waals surface area contributed by atoms with Gasteiger partial charge in [0.1, 0.15) is 10.8 Å². The molecular weight excluding hydrogens is 488 g/mol. The molecule has 0 radical (unpaired) electrons. The molecule has 192 valence electrons. The number of methoxy groups -OCH3 is 1. The molecule has 2 aliphatic rings. The van der Waals surface area contributed by atoms with Gasteiger partial charge in [0.25, 0.3) is 0 Å². The zero-order valence-corrected chi connectivity index (χ0v) is 21.9. The van der Waals surface area contributed by atoms with Gasteiger partial charge in [0.15, 0.2) is 5.82 Å². The molecule has 9 nitrogen and oxygen atoms in total. The van der Waals surface area contributed by atoms with Crippen LogP contribution in [0.4, 0.5) is 17.5 Å². The summed E-state index contributed by atoms with van der Waals surface area (Å²) >= 11 is 4.42. The molecule has 1 aliphatic heterocycles. The van der Waals surface area contributed by atoms with Gasteiger partial charge in [0.05, 0.1) is 19.0 Å². The number of hydrogen-bond acceptors (Lipinski definition) is 7. The number of rotatable bonds is 9. The smallest absolute Gasteiger partial charge is 0.231 e. The van der Waals surface area contributed by atoms with Gasteiger partial charge in [-0.25, -0.2) is 13.9 Å². The third kappa shape index (κ3) is 6.62. The van der Waals surface area contributed by atoms with Crippen LogP contribution in [0.15, 0.2) is 18.3 Å². The lowest BCUT2D eigenvalue weighted by atomic mass is 9.84. The number of nitrogens with one attached hydrogen (secondary N) is 3. The third-order valence-electron chi connectivity index (χ3n) is 7.08. The summed E-state index contributed by atoms with van der Waals surface area (Å²) in [5.41, 5.74) is 3.39. The minimum Gasteiger partial charge on any atom is -0.494 e. The number of anilines is 3. The van der Waals surface area contributed by atoms with Gasteiger partial charge in [-0.1, -0.05) is 37.4 Å². The number of aromatic nitrogens is 2. The predicted molar refractivity (Wildman–Crippen MR) is 141 cm³/mol. The van der Waals surface area contributed by atoms with E-state index in [9.17, 15) is 4.21 Å². The third-order valence-corrected chi connectivity index (χ3v) is 7.77. The highest BCUT2D eigenvalue weighted by atomic mass is 35.5. The van der Waals surface area contributed by atoms with Gasteiger partial charge < -0.3 is 20.3 Å². The summed E-state index contributed by atoms with van der Waals surface area (Å²) in [5.74, 6) is 2.03. The number of nitrogens with zero attached hydrogens (tertiary/aromatic N) is 3. The Hall–Kier alpha value is -1.98. The highest BCUT2D eigenvalue weighted by Crippen LogP contribution is 2.36. The summed E-state index contributed by atoms with van der Waals surface area (Å²) in [6.45, 7) is 5.77. The molecule has 35 heavy (non-hydrogen) atoms. The molecule has 0 amide bonds. The minimum atomic E-state index is -2.02. The van der Waals surface area contributed by atoms with Crippen molar-refractivity contribution in [3.63, 3.8) is 0 Å². The van der Waals surface area contributed by atoms with Crippen molar-refractivity contribution in [3.05, 3.63) is 34.5 Å². The van der Waals surface area contributed by atoms with Crippen molar-refractivity contribution >= 4 is 40.3 Å². The molecule has 2 aromatic rings. The van der Waals surface area contributed by atoms with E-state index < -0.39 is 11.3 Å². The monoisotopic (exact) mass is 522 g/mol. The van der Waals surface area contributed by atoms with Crippen LogP contribution >= 0.6 is 11.6 Å². The fourth-order valence-corrected chi connectivity index (χ4v) is 5.63. The Labute approximate surface area is 214 Å². The lowest BCUT2D eigenvalue weighted by molar-refractivity contribution is 0.302. The molecule has 1 aromatic carbocycles. The van der Waals surface area contributed by atoms with Gasteiger partial charge in [0.2, 0.25) is 17.2 Å². The van der Waals surface area contributed by atoms with E-state index in [0.717, 1.165) is 69.6 Å². The van der Waals surface area contributed by atoms with Gasteiger partial charge >= 0.3 is 0 Å². The molecule has 4 N–H and O–H groups in total. The van der Waals surface area contributed by atoms with Crippen molar-refractivity contribution in [2.45, 2.75) is 51.5 Å². The molecule has 0 spiro atoms. The van der Waals surface area contributed by atoms with E-state index in [2.05, 4.69) is 43.2 Å².